The van der Waals surface area contributed by atoms with Crippen molar-refractivity contribution in [2.24, 2.45) is 0 Å². The zero-order chi connectivity index (χ0) is 15.4. The summed E-state index contributed by atoms with van der Waals surface area (Å²) in [6.07, 6.45) is 2.00. The lowest BCUT2D eigenvalue weighted by molar-refractivity contribution is 0.0696. The highest BCUT2D eigenvalue weighted by molar-refractivity contribution is 7.98. The van der Waals surface area contributed by atoms with Crippen LogP contribution >= 0.6 is 11.8 Å². The molecule has 2 rings (SSSR count). The lowest BCUT2D eigenvalue weighted by Crippen LogP contribution is -2.03. The fraction of sp³-hybridized carbons (Fsp3) is 0.250. The first-order chi connectivity index (χ1) is 9.99. The van der Waals surface area contributed by atoms with Crippen LogP contribution in [-0.2, 0) is 0 Å². The Kier molecular flexibility index (Phi) is 4.85. The van der Waals surface area contributed by atoms with Crippen LogP contribution in [0.2, 0.25) is 0 Å². The first-order valence-corrected chi connectivity index (χ1v) is 7.79. The molecule has 0 saturated heterocycles. The molecule has 21 heavy (non-hydrogen) atoms. The molecule has 0 fully saturated rings. The van der Waals surface area contributed by atoms with Gasteiger partial charge in [-0.1, -0.05) is 13.8 Å². The maximum absolute atomic E-state index is 11.2. The number of aromatic carboxylic acids is 1. The molecule has 0 amide bonds. The van der Waals surface area contributed by atoms with Gasteiger partial charge < -0.3 is 9.84 Å². The molecule has 4 nitrogen and oxygen atoms in total. The molecule has 1 heterocycles. The van der Waals surface area contributed by atoms with Crippen molar-refractivity contribution >= 4 is 17.7 Å². The molecule has 0 saturated carbocycles. The summed E-state index contributed by atoms with van der Waals surface area (Å²) in [7, 11) is 0. The monoisotopic (exact) mass is 303 g/mol. The zero-order valence-corrected chi connectivity index (χ0v) is 13.0. The highest BCUT2D eigenvalue weighted by atomic mass is 32.2. The van der Waals surface area contributed by atoms with Crippen LogP contribution in [0.25, 0.3) is 0 Å². The Bertz CT molecular complexity index is 638. The third kappa shape index (κ3) is 3.98. The summed E-state index contributed by atoms with van der Waals surface area (Å²) in [6, 6.07) is 10.6. The Hall–Kier alpha value is -2.01. The van der Waals surface area contributed by atoms with E-state index in [2.05, 4.69) is 4.98 Å². The van der Waals surface area contributed by atoms with Gasteiger partial charge >= 0.3 is 5.97 Å². The lowest BCUT2D eigenvalue weighted by Gasteiger charge is -2.10. The zero-order valence-electron chi connectivity index (χ0n) is 12.2. The summed E-state index contributed by atoms with van der Waals surface area (Å²) < 4.78 is 5.68. The van der Waals surface area contributed by atoms with Crippen molar-refractivity contribution in [3.63, 3.8) is 0 Å². The minimum atomic E-state index is -0.984. The molecule has 1 aromatic heterocycles. The number of carboxylic acid groups (broad SMARTS) is 1. The molecule has 0 unspecified atom stereocenters. The van der Waals surface area contributed by atoms with Crippen LogP contribution in [0, 0.1) is 0 Å². The minimum Gasteiger partial charge on any atom is -0.478 e. The number of benzene rings is 1. The number of thioether (sulfide) groups is 1. The predicted molar refractivity (Wildman–Crippen MR) is 83.6 cm³/mol. The van der Waals surface area contributed by atoms with Gasteiger partial charge in [-0.15, -0.1) is 11.8 Å². The van der Waals surface area contributed by atoms with E-state index in [1.807, 2.05) is 44.4 Å². The molecule has 0 bridgehead atoms. The van der Waals surface area contributed by atoms with Crippen molar-refractivity contribution < 1.29 is 14.6 Å². The second-order valence-electron chi connectivity index (χ2n) is 4.86. The van der Waals surface area contributed by atoms with Crippen LogP contribution in [-0.4, -0.2) is 22.3 Å². The number of nitrogens with zero attached hydrogens (tertiary/aromatic N) is 1. The second kappa shape index (κ2) is 6.63. The van der Waals surface area contributed by atoms with Gasteiger partial charge in [0.25, 0.3) is 0 Å². The smallest absolute Gasteiger partial charge is 0.335 e. The van der Waals surface area contributed by atoms with Gasteiger partial charge in [0.15, 0.2) is 0 Å². The number of aromatic nitrogens is 1. The van der Waals surface area contributed by atoms with Crippen molar-refractivity contribution in [2.45, 2.75) is 24.7 Å². The standard InChI is InChI=1S/C16H17NO3S/c1-10(2)14-8-11(16(18)19)9-15(17-14)20-12-4-6-13(21-3)7-5-12/h4-10H,1-3H3,(H,18,19). The summed E-state index contributed by atoms with van der Waals surface area (Å²) in [5.41, 5.74) is 0.884. The van der Waals surface area contributed by atoms with Crippen LogP contribution in [0.4, 0.5) is 0 Å². The van der Waals surface area contributed by atoms with E-state index in [0.29, 0.717) is 17.3 Å². The number of pyridine rings is 1. The molecule has 0 aliphatic carbocycles. The molecule has 0 radical (unpaired) electrons. The Morgan fingerprint density at radius 2 is 1.90 bits per heavy atom. The topological polar surface area (TPSA) is 59.4 Å². The largest absolute Gasteiger partial charge is 0.478 e. The van der Waals surface area contributed by atoms with E-state index in [1.165, 1.54) is 6.07 Å². The summed E-state index contributed by atoms with van der Waals surface area (Å²) in [4.78, 5) is 16.7. The Labute approximate surface area is 128 Å². The number of carboxylic acids is 1. The van der Waals surface area contributed by atoms with Crippen molar-refractivity contribution in [2.75, 3.05) is 6.26 Å². The van der Waals surface area contributed by atoms with Crippen molar-refractivity contribution in [3.8, 4) is 11.6 Å². The number of hydrogen-bond acceptors (Lipinski definition) is 4. The van der Waals surface area contributed by atoms with Gasteiger partial charge in [0.2, 0.25) is 5.88 Å². The molecule has 1 aromatic carbocycles. The summed E-state index contributed by atoms with van der Waals surface area (Å²) in [5, 5.41) is 9.16. The van der Waals surface area contributed by atoms with Gasteiger partial charge in [-0.2, -0.15) is 0 Å². The Balaban J connectivity index is 2.31. The third-order valence-corrected chi connectivity index (χ3v) is 3.69. The van der Waals surface area contributed by atoms with E-state index in [-0.39, 0.29) is 11.5 Å². The molecule has 0 aliphatic rings. The fourth-order valence-electron chi connectivity index (χ4n) is 1.76. The molecular weight excluding hydrogens is 286 g/mol. The van der Waals surface area contributed by atoms with E-state index >= 15 is 0 Å². The third-order valence-electron chi connectivity index (χ3n) is 2.94. The van der Waals surface area contributed by atoms with Crippen LogP contribution in [0.1, 0.15) is 35.8 Å². The summed E-state index contributed by atoms with van der Waals surface area (Å²) in [6.45, 7) is 3.93. The maximum Gasteiger partial charge on any atom is 0.335 e. The lowest BCUT2D eigenvalue weighted by atomic mass is 10.1. The van der Waals surface area contributed by atoms with Crippen molar-refractivity contribution in [3.05, 3.63) is 47.7 Å². The second-order valence-corrected chi connectivity index (χ2v) is 5.74. The van der Waals surface area contributed by atoms with Gasteiger partial charge in [-0.3, -0.25) is 0 Å². The van der Waals surface area contributed by atoms with E-state index in [0.717, 1.165) is 4.90 Å². The number of ether oxygens (including phenoxy) is 1. The fourth-order valence-corrected chi connectivity index (χ4v) is 2.17. The van der Waals surface area contributed by atoms with Crippen LogP contribution in [0.15, 0.2) is 41.3 Å². The average molecular weight is 303 g/mol. The van der Waals surface area contributed by atoms with Gasteiger partial charge in [0, 0.05) is 16.7 Å². The number of hydrogen-bond donors (Lipinski definition) is 1. The van der Waals surface area contributed by atoms with Crippen LogP contribution < -0.4 is 4.74 Å². The van der Waals surface area contributed by atoms with Gasteiger partial charge in [-0.25, -0.2) is 9.78 Å². The first-order valence-electron chi connectivity index (χ1n) is 6.57. The van der Waals surface area contributed by atoms with Crippen LogP contribution in [0.3, 0.4) is 0 Å². The molecule has 110 valence electrons. The maximum atomic E-state index is 11.2. The van der Waals surface area contributed by atoms with Gasteiger partial charge in [0.05, 0.1) is 5.56 Å². The first kappa shape index (κ1) is 15.4. The summed E-state index contributed by atoms with van der Waals surface area (Å²) >= 11 is 1.65. The summed E-state index contributed by atoms with van der Waals surface area (Å²) in [5.74, 6) is 0.0837. The van der Waals surface area contributed by atoms with Gasteiger partial charge in [-0.05, 0) is 42.5 Å². The SMILES string of the molecule is CSc1ccc(Oc2cc(C(=O)O)cc(C(C)C)n2)cc1. The molecule has 0 atom stereocenters. The quantitative estimate of drug-likeness (QED) is 0.829. The number of rotatable bonds is 5. The van der Waals surface area contributed by atoms with Crippen LogP contribution in [0.5, 0.6) is 11.6 Å². The van der Waals surface area contributed by atoms with Gasteiger partial charge in [0.1, 0.15) is 5.75 Å². The Morgan fingerprint density at radius 1 is 1.24 bits per heavy atom. The Morgan fingerprint density at radius 3 is 2.43 bits per heavy atom. The van der Waals surface area contributed by atoms with Crippen molar-refractivity contribution in [1.29, 1.82) is 0 Å². The molecule has 1 N–H and O–H groups in total. The number of carbonyl (C=O) groups is 1. The van der Waals surface area contributed by atoms with E-state index in [1.54, 1.807) is 17.8 Å². The molecule has 2 aromatic rings. The predicted octanol–water partition coefficient (Wildman–Crippen LogP) is 4.42. The molecular formula is C16H17NO3S. The highest BCUT2D eigenvalue weighted by Crippen LogP contribution is 2.25. The highest BCUT2D eigenvalue weighted by Gasteiger charge is 2.12. The molecule has 5 heteroatoms. The average Bonchev–Trinajstić information content (AvgIpc) is 2.47. The van der Waals surface area contributed by atoms with E-state index in [4.69, 9.17) is 9.84 Å². The minimum absolute atomic E-state index is 0.130. The van der Waals surface area contributed by atoms with E-state index < -0.39 is 5.97 Å². The van der Waals surface area contributed by atoms with E-state index in [9.17, 15) is 4.79 Å². The van der Waals surface area contributed by atoms with Crippen molar-refractivity contribution in [1.82, 2.24) is 4.98 Å². The molecule has 0 spiro atoms. The molecule has 0 aliphatic heterocycles. The normalized spacial score (nSPS) is 10.7.